The summed E-state index contributed by atoms with van der Waals surface area (Å²) >= 11 is 1.18. The largest absolute Gasteiger partial charge is 0.507 e. The molecule has 0 saturated heterocycles. The van der Waals surface area contributed by atoms with E-state index in [1.54, 1.807) is 18.2 Å². The lowest BCUT2D eigenvalue weighted by atomic mass is 10.3. The number of hydrogen-bond acceptors (Lipinski definition) is 2. The molecule has 2 heteroatoms. The summed E-state index contributed by atoms with van der Waals surface area (Å²) in [7, 11) is 0. The van der Waals surface area contributed by atoms with Crippen LogP contribution in [0.3, 0.4) is 0 Å². The fraction of sp³-hybridized carbons (Fsp3) is 0. The zero-order chi connectivity index (χ0) is 7.40. The standard InChI is InChI=1S/C8H6OS/c1-2-10-8-6-4-3-5-7(8)9/h1,3-6,9H. The van der Waals surface area contributed by atoms with Gasteiger partial charge in [-0.1, -0.05) is 12.1 Å². The Labute approximate surface area is 64.1 Å². The van der Waals surface area contributed by atoms with Crippen molar-refractivity contribution < 1.29 is 5.11 Å². The number of para-hydroxylation sites is 1. The van der Waals surface area contributed by atoms with Crippen molar-refractivity contribution >= 4 is 11.8 Å². The number of benzene rings is 1. The predicted molar refractivity (Wildman–Crippen MR) is 42.8 cm³/mol. The molecule has 0 heterocycles. The van der Waals surface area contributed by atoms with Crippen molar-refractivity contribution in [2.24, 2.45) is 0 Å². The minimum Gasteiger partial charge on any atom is -0.507 e. The summed E-state index contributed by atoms with van der Waals surface area (Å²) in [6.07, 6.45) is 5.03. The Morgan fingerprint density at radius 1 is 1.40 bits per heavy atom. The van der Waals surface area contributed by atoms with E-state index in [2.05, 4.69) is 5.25 Å². The van der Waals surface area contributed by atoms with Gasteiger partial charge in [-0.15, -0.1) is 6.42 Å². The number of phenolic OH excluding ortho intramolecular Hbond substituents is 1. The maximum atomic E-state index is 9.13. The summed E-state index contributed by atoms with van der Waals surface area (Å²) in [6, 6.07) is 6.98. The Kier molecular flexibility index (Phi) is 2.24. The Morgan fingerprint density at radius 3 is 2.70 bits per heavy atom. The number of thioether (sulfide) groups is 1. The third kappa shape index (κ3) is 1.46. The first kappa shape index (κ1) is 7.04. The molecule has 0 aliphatic heterocycles. The van der Waals surface area contributed by atoms with Gasteiger partial charge in [-0.05, 0) is 29.1 Å². The molecule has 0 unspecified atom stereocenters. The van der Waals surface area contributed by atoms with Gasteiger partial charge in [-0.2, -0.15) is 0 Å². The number of hydrogen-bond donors (Lipinski definition) is 1. The average molecular weight is 150 g/mol. The molecule has 1 aromatic carbocycles. The zero-order valence-corrected chi connectivity index (χ0v) is 6.06. The highest BCUT2D eigenvalue weighted by Crippen LogP contribution is 2.26. The van der Waals surface area contributed by atoms with Gasteiger partial charge in [0.2, 0.25) is 0 Å². The highest BCUT2D eigenvalue weighted by Gasteiger charge is 1.95. The SMILES string of the molecule is C#CSc1ccccc1O. The molecule has 0 saturated carbocycles. The minimum atomic E-state index is 0.241. The summed E-state index contributed by atoms with van der Waals surface area (Å²) in [6.45, 7) is 0. The smallest absolute Gasteiger partial charge is 0.130 e. The van der Waals surface area contributed by atoms with Gasteiger partial charge >= 0.3 is 0 Å². The van der Waals surface area contributed by atoms with Crippen molar-refractivity contribution in [3.05, 3.63) is 24.3 Å². The second kappa shape index (κ2) is 3.19. The first-order valence-electron chi connectivity index (χ1n) is 2.75. The first-order valence-corrected chi connectivity index (χ1v) is 3.56. The van der Waals surface area contributed by atoms with Gasteiger partial charge in [0.15, 0.2) is 0 Å². The van der Waals surface area contributed by atoms with Crippen molar-refractivity contribution in [2.45, 2.75) is 4.90 Å². The topological polar surface area (TPSA) is 20.2 Å². The lowest BCUT2D eigenvalue weighted by molar-refractivity contribution is 0.462. The van der Waals surface area contributed by atoms with Crippen LogP contribution in [0.2, 0.25) is 0 Å². The molecule has 0 aliphatic carbocycles. The fourth-order valence-corrected chi connectivity index (χ4v) is 1.05. The monoisotopic (exact) mass is 150 g/mol. The van der Waals surface area contributed by atoms with Crippen LogP contribution in [0.5, 0.6) is 5.75 Å². The molecule has 10 heavy (non-hydrogen) atoms. The van der Waals surface area contributed by atoms with Crippen molar-refractivity contribution in [1.29, 1.82) is 0 Å². The Morgan fingerprint density at radius 2 is 2.10 bits per heavy atom. The first-order chi connectivity index (χ1) is 4.84. The maximum Gasteiger partial charge on any atom is 0.130 e. The van der Waals surface area contributed by atoms with E-state index in [0.717, 1.165) is 4.90 Å². The van der Waals surface area contributed by atoms with E-state index in [9.17, 15) is 0 Å². The maximum absolute atomic E-state index is 9.13. The minimum absolute atomic E-state index is 0.241. The van der Waals surface area contributed by atoms with Gasteiger partial charge in [-0.3, -0.25) is 0 Å². The summed E-state index contributed by atoms with van der Waals surface area (Å²) in [5.74, 6) is 0.241. The van der Waals surface area contributed by atoms with Crippen LogP contribution in [-0.2, 0) is 0 Å². The number of rotatable bonds is 1. The van der Waals surface area contributed by atoms with Gasteiger partial charge in [0, 0.05) is 0 Å². The highest BCUT2D eigenvalue weighted by molar-refractivity contribution is 8.04. The molecule has 1 N–H and O–H groups in total. The van der Waals surface area contributed by atoms with E-state index in [4.69, 9.17) is 11.5 Å². The van der Waals surface area contributed by atoms with E-state index in [-0.39, 0.29) is 5.75 Å². The van der Waals surface area contributed by atoms with Gasteiger partial charge in [0.05, 0.1) is 4.90 Å². The Balaban J connectivity index is 2.94. The number of aromatic hydroxyl groups is 1. The predicted octanol–water partition coefficient (Wildman–Crippen LogP) is 2.08. The molecule has 0 fully saturated rings. The van der Waals surface area contributed by atoms with Crippen LogP contribution < -0.4 is 0 Å². The second-order valence-corrected chi connectivity index (χ2v) is 2.57. The number of terminal acetylenes is 1. The molecule has 1 nitrogen and oxygen atoms in total. The third-order valence-corrected chi connectivity index (χ3v) is 1.72. The van der Waals surface area contributed by atoms with Crippen molar-refractivity contribution in [3.8, 4) is 17.4 Å². The third-order valence-electron chi connectivity index (χ3n) is 1.03. The van der Waals surface area contributed by atoms with Gasteiger partial charge in [0.25, 0.3) is 0 Å². The normalized spacial score (nSPS) is 8.70. The summed E-state index contributed by atoms with van der Waals surface area (Å²) in [5.41, 5.74) is 0. The lowest BCUT2D eigenvalue weighted by Crippen LogP contribution is -1.68. The van der Waals surface area contributed by atoms with Crippen LogP contribution >= 0.6 is 11.8 Å². The molecule has 0 aromatic heterocycles. The fourth-order valence-electron chi connectivity index (χ4n) is 0.607. The molecule has 0 amide bonds. The van der Waals surface area contributed by atoms with Crippen LogP contribution in [0.25, 0.3) is 0 Å². The van der Waals surface area contributed by atoms with Crippen LogP contribution in [0.1, 0.15) is 0 Å². The molecule has 0 atom stereocenters. The van der Waals surface area contributed by atoms with Crippen molar-refractivity contribution in [2.75, 3.05) is 0 Å². The lowest BCUT2D eigenvalue weighted by Gasteiger charge is -1.95. The average Bonchev–Trinajstić information content (AvgIpc) is 1.94. The van der Waals surface area contributed by atoms with E-state index in [1.807, 2.05) is 6.07 Å². The quantitative estimate of drug-likeness (QED) is 0.488. The van der Waals surface area contributed by atoms with Crippen molar-refractivity contribution in [3.63, 3.8) is 0 Å². The summed E-state index contributed by atoms with van der Waals surface area (Å²) in [4.78, 5) is 0.727. The van der Waals surface area contributed by atoms with Gasteiger partial charge in [0.1, 0.15) is 5.75 Å². The molecule has 1 rings (SSSR count). The summed E-state index contributed by atoms with van der Waals surface area (Å²) < 4.78 is 0. The molecule has 1 aromatic rings. The molecule has 0 spiro atoms. The number of phenols is 1. The summed E-state index contributed by atoms with van der Waals surface area (Å²) in [5, 5.41) is 11.5. The molecule has 0 radical (unpaired) electrons. The molecule has 0 aliphatic rings. The second-order valence-electron chi connectivity index (χ2n) is 1.69. The molecular formula is C8H6OS. The van der Waals surface area contributed by atoms with Gasteiger partial charge < -0.3 is 5.11 Å². The molecule has 0 bridgehead atoms. The van der Waals surface area contributed by atoms with Crippen LogP contribution in [0.4, 0.5) is 0 Å². The van der Waals surface area contributed by atoms with Crippen molar-refractivity contribution in [1.82, 2.24) is 0 Å². The van der Waals surface area contributed by atoms with Crippen LogP contribution in [-0.4, -0.2) is 5.11 Å². The molecular weight excluding hydrogens is 144 g/mol. The van der Waals surface area contributed by atoms with Crippen LogP contribution in [0, 0.1) is 11.7 Å². The van der Waals surface area contributed by atoms with E-state index < -0.39 is 0 Å². The highest BCUT2D eigenvalue weighted by atomic mass is 32.2. The zero-order valence-electron chi connectivity index (χ0n) is 5.24. The molecule has 50 valence electrons. The Bertz CT molecular complexity index is 262. The van der Waals surface area contributed by atoms with Crippen LogP contribution in [0.15, 0.2) is 29.2 Å². The van der Waals surface area contributed by atoms with E-state index in [0.29, 0.717) is 0 Å². The van der Waals surface area contributed by atoms with Gasteiger partial charge in [-0.25, -0.2) is 0 Å². The van der Waals surface area contributed by atoms with E-state index in [1.165, 1.54) is 11.8 Å². The van der Waals surface area contributed by atoms with E-state index >= 15 is 0 Å². The Hall–Kier alpha value is -1.07.